The maximum atomic E-state index is 12.9. The molecule has 4 atom stereocenters. The van der Waals surface area contributed by atoms with Crippen LogP contribution < -0.4 is 11.1 Å². The van der Waals surface area contributed by atoms with Crippen LogP contribution in [0.3, 0.4) is 0 Å². The first-order valence-corrected chi connectivity index (χ1v) is 9.92. The number of thiophene rings is 1. The van der Waals surface area contributed by atoms with Gasteiger partial charge in [-0.2, -0.15) is 0 Å². The number of fused-ring (bicyclic) bond motifs is 3. The molecule has 0 spiro atoms. The van der Waals surface area contributed by atoms with E-state index in [4.69, 9.17) is 10.5 Å². The van der Waals surface area contributed by atoms with Crippen LogP contribution in [-0.4, -0.2) is 35.1 Å². The molecule has 26 heavy (non-hydrogen) atoms. The molecule has 0 saturated carbocycles. The van der Waals surface area contributed by atoms with E-state index in [1.165, 1.54) is 11.3 Å². The van der Waals surface area contributed by atoms with Gasteiger partial charge in [0.25, 0.3) is 5.91 Å². The van der Waals surface area contributed by atoms with Crippen LogP contribution in [0.5, 0.6) is 0 Å². The van der Waals surface area contributed by atoms with Crippen molar-refractivity contribution in [2.24, 2.45) is 17.6 Å². The van der Waals surface area contributed by atoms with Gasteiger partial charge in [-0.25, -0.2) is 0 Å². The Kier molecular flexibility index (Phi) is 4.48. The summed E-state index contributed by atoms with van der Waals surface area (Å²) in [6, 6.07) is 0. The predicted molar refractivity (Wildman–Crippen MR) is 95.2 cm³/mol. The molecule has 1 aliphatic carbocycles. The van der Waals surface area contributed by atoms with Gasteiger partial charge in [-0.15, -0.1) is 11.3 Å². The molecule has 0 unspecified atom stereocenters. The molecule has 4 rings (SSSR count). The zero-order valence-corrected chi connectivity index (χ0v) is 15.1. The molecule has 2 fully saturated rings. The summed E-state index contributed by atoms with van der Waals surface area (Å²) in [4.78, 5) is 37.6. The van der Waals surface area contributed by atoms with Crippen LogP contribution in [0.15, 0.2) is 0 Å². The van der Waals surface area contributed by atoms with E-state index in [9.17, 15) is 19.5 Å². The third-order valence-electron chi connectivity index (χ3n) is 5.77. The first-order chi connectivity index (χ1) is 12.5. The Hall–Kier alpha value is -1.93. The second kappa shape index (κ2) is 6.66. The van der Waals surface area contributed by atoms with E-state index >= 15 is 0 Å². The fraction of sp³-hybridized carbons (Fsp3) is 0.611. The van der Waals surface area contributed by atoms with Crippen molar-refractivity contribution in [1.29, 1.82) is 0 Å². The Bertz CT molecular complexity index is 774. The number of amides is 2. The molecule has 2 aliphatic heterocycles. The van der Waals surface area contributed by atoms with Gasteiger partial charge < -0.3 is 20.9 Å². The lowest BCUT2D eigenvalue weighted by Crippen LogP contribution is -2.41. The fourth-order valence-corrected chi connectivity index (χ4v) is 5.91. The van der Waals surface area contributed by atoms with Gasteiger partial charge >= 0.3 is 5.97 Å². The highest BCUT2D eigenvalue weighted by molar-refractivity contribution is 7.17. The molecular formula is C18H22N2O5S. The van der Waals surface area contributed by atoms with E-state index in [0.29, 0.717) is 23.4 Å². The number of aliphatic carboxylic acids is 1. The third-order valence-corrected chi connectivity index (χ3v) is 6.97. The minimum atomic E-state index is -1.01. The molecule has 2 saturated heterocycles. The topological polar surface area (TPSA) is 119 Å². The highest BCUT2D eigenvalue weighted by Gasteiger charge is 2.55. The standard InChI is InChI=1S/C18H22N2O5S/c19-15(21)12-8-4-2-1-3-5-11(8)26-17(12)20-16(22)13-9-6-7-10(25-9)14(13)18(23)24/h9-10,13-14H,1-7H2,(H2,19,21)(H,20,22)(H,23,24)/t9-,10-,13+,14-/m0/s1. The van der Waals surface area contributed by atoms with Gasteiger partial charge in [0.15, 0.2) is 0 Å². The number of hydrogen-bond acceptors (Lipinski definition) is 5. The zero-order chi connectivity index (χ0) is 18.4. The highest BCUT2D eigenvalue weighted by Crippen LogP contribution is 2.45. The second-order valence-electron chi connectivity index (χ2n) is 7.30. The monoisotopic (exact) mass is 378 g/mol. The first kappa shape index (κ1) is 17.5. The van der Waals surface area contributed by atoms with E-state index in [1.807, 2.05) is 0 Å². The van der Waals surface area contributed by atoms with E-state index in [0.717, 1.165) is 42.5 Å². The van der Waals surface area contributed by atoms with Gasteiger partial charge in [-0.1, -0.05) is 6.42 Å². The van der Waals surface area contributed by atoms with E-state index in [-0.39, 0.29) is 12.0 Å². The van der Waals surface area contributed by atoms with Crippen molar-refractivity contribution in [3.05, 3.63) is 16.0 Å². The van der Waals surface area contributed by atoms with Crippen molar-refractivity contribution in [1.82, 2.24) is 0 Å². The molecule has 140 valence electrons. The zero-order valence-electron chi connectivity index (χ0n) is 14.3. The average Bonchev–Trinajstić information content (AvgIpc) is 3.23. The highest BCUT2D eigenvalue weighted by atomic mass is 32.1. The molecule has 1 aromatic rings. The maximum absolute atomic E-state index is 12.9. The number of rotatable bonds is 4. The van der Waals surface area contributed by atoms with Gasteiger partial charge in [-0.3, -0.25) is 14.4 Å². The number of hydrogen-bond donors (Lipinski definition) is 3. The number of carbonyl (C=O) groups is 3. The van der Waals surface area contributed by atoms with Crippen molar-refractivity contribution >= 4 is 34.1 Å². The molecule has 2 amide bonds. The molecule has 1 aromatic heterocycles. The van der Waals surface area contributed by atoms with E-state index < -0.39 is 29.8 Å². The number of carboxylic acids is 1. The maximum Gasteiger partial charge on any atom is 0.310 e. The van der Waals surface area contributed by atoms with Gasteiger partial charge in [-0.05, 0) is 44.1 Å². The Morgan fingerprint density at radius 2 is 1.77 bits per heavy atom. The van der Waals surface area contributed by atoms with Crippen LogP contribution in [0, 0.1) is 11.8 Å². The van der Waals surface area contributed by atoms with Crippen LogP contribution in [0.25, 0.3) is 0 Å². The van der Waals surface area contributed by atoms with Crippen molar-refractivity contribution in [3.63, 3.8) is 0 Å². The number of nitrogens with two attached hydrogens (primary N) is 1. The number of ether oxygens (including phenoxy) is 1. The quantitative estimate of drug-likeness (QED) is 0.692. The number of anilines is 1. The number of aryl methyl sites for hydroxylation is 1. The van der Waals surface area contributed by atoms with Crippen molar-refractivity contribution in [3.8, 4) is 0 Å². The second-order valence-corrected chi connectivity index (χ2v) is 8.41. The third kappa shape index (κ3) is 2.81. The number of primary amides is 1. The summed E-state index contributed by atoms with van der Waals surface area (Å²) in [5.41, 5.74) is 6.95. The van der Waals surface area contributed by atoms with E-state index in [2.05, 4.69) is 5.32 Å². The Labute approximate surface area is 154 Å². The predicted octanol–water partition coefficient (Wildman–Crippen LogP) is 1.93. The normalized spacial score (nSPS) is 29.8. The van der Waals surface area contributed by atoms with Crippen LogP contribution in [-0.2, 0) is 27.2 Å². The van der Waals surface area contributed by atoms with Gasteiger partial charge in [0.05, 0.1) is 29.6 Å². The lowest BCUT2D eigenvalue weighted by atomic mass is 9.78. The summed E-state index contributed by atoms with van der Waals surface area (Å²) in [7, 11) is 0. The first-order valence-electron chi connectivity index (χ1n) is 9.11. The summed E-state index contributed by atoms with van der Waals surface area (Å²) in [5, 5.41) is 12.8. The number of carbonyl (C=O) groups excluding carboxylic acids is 2. The number of carboxylic acid groups (broad SMARTS) is 1. The average molecular weight is 378 g/mol. The largest absolute Gasteiger partial charge is 0.481 e. The Morgan fingerprint density at radius 3 is 2.46 bits per heavy atom. The molecule has 0 radical (unpaired) electrons. The van der Waals surface area contributed by atoms with Crippen molar-refractivity contribution in [2.45, 2.75) is 57.2 Å². The van der Waals surface area contributed by atoms with Crippen LogP contribution in [0.4, 0.5) is 5.00 Å². The smallest absolute Gasteiger partial charge is 0.310 e. The molecule has 2 bridgehead atoms. The molecule has 4 N–H and O–H groups in total. The van der Waals surface area contributed by atoms with Crippen LogP contribution >= 0.6 is 11.3 Å². The van der Waals surface area contributed by atoms with Gasteiger partial charge in [0.2, 0.25) is 5.91 Å². The number of nitrogens with one attached hydrogen (secondary N) is 1. The fourth-order valence-electron chi connectivity index (χ4n) is 4.61. The Balaban J connectivity index is 1.62. The Morgan fingerprint density at radius 1 is 1.08 bits per heavy atom. The minimum Gasteiger partial charge on any atom is -0.481 e. The van der Waals surface area contributed by atoms with Crippen LogP contribution in [0.1, 0.15) is 52.9 Å². The van der Waals surface area contributed by atoms with Gasteiger partial charge in [0.1, 0.15) is 5.00 Å². The van der Waals surface area contributed by atoms with E-state index in [1.54, 1.807) is 0 Å². The van der Waals surface area contributed by atoms with Crippen molar-refractivity contribution < 1.29 is 24.2 Å². The molecule has 0 aromatic carbocycles. The summed E-state index contributed by atoms with van der Waals surface area (Å²) in [6.45, 7) is 0. The summed E-state index contributed by atoms with van der Waals surface area (Å²) < 4.78 is 5.66. The molecule has 3 aliphatic rings. The summed E-state index contributed by atoms with van der Waals surface area (Å²) in [5.74, 6) is -3.49. The van der Waals surface area contributed by atoms with Crippen molar-refractivity contribution in [2.75, 3.05) is 5.32 Å². The summed E-state index contributed by atoms with van der Waals surface area (Å²) >= 11 is 1.40. The lowest BCUT2D eigenvalue weighted by molar-refractivity contribution is -0.147. The molecule has 8 heteroatoms. The summed E-state index contributed by atoms with van der Waals surface area (Å²) in [6.07, 6.45) is 5.44. The van der Waals surface area contributed by atoms with Crippen LogP contribution in [0.2, 0.25) is 0 Å². The molecule has 7 nitrogen and oxygen atoms in total. The molecular weight excluding hydrogens is 356 g/mol. The minimum absolute atomic E-state index is 0.365. The lowest BCUT2D eigenvalue weighted by Gasteiger charge is -2.23. The SMILES string of the molecule is NC(=O)c1c(NC(=O)[C@H]2[C@@H](C(=O)O)[C@@H]3CC[C@@H]2O3)sc2c1CCCCC2. The van der Waals surface area contributed by atoms with Gasteiger partial charge in [0, 0.05) is 4.88 Å². The molecule has 3 heterocycles.